The predicted octanol–water partition coefficient (Wildman–Crippen LogP) is 0.633. The van der Waals surface area contributed by atoms with Gasteiger partial charge in [-0.1, -0.05) is 13.3 Å². The summed E-state index contributed by atoms with van der Waals surface area (Å²) >= 11 is 0. The first kappa shape index (κ1) is 23.7. The fraction of sp³-hybridized carbons (Fsp3) is 0.650. The highest BCUT2D eigenvalue weighted by Gasteiger charge is 2.38. The average Bonchev–Trinajstić information content (AvgIpc) is 3.12. The Morgan fingerprint density at radius 2 is 2.10 bits per heavy atom. The number of fused-ring (bicyclic) bond motifs is 1. The monoisotopic (exact) mass is 454 g/mol. The van der Waals surface area contributed by atoms with Gasteiger partial charge in [-0.05, 0) is 43.5 Å². The zero-order chi connectivity index (χ0) is 22.5. The SMILES string of the molecule is CCCC1(NC(=O)Nc2ccc3c(c2)CCO3)NC(C)CC(NCCNS(C)(=O)=O)N1. The van der Waals surface area contributed by atoms with Gasteiger partial charge in [0.15, 0.2) is 0 Å². The van der Waals surface area contributed by atoms with Crippen LogP contribution in [-0.2, 0) is 16.4 Å². The minimum atomic E-state index is -3.21. The maximum Gasteiger partial charge on any atom is 0.321 e. The maximum atomic E-state index is 12.8. The van der Waals surface area contributed by atoms with Gasteiger partial charge in [-0.2, -0.15) is 0 Å². The van der Waals surface area contributed by atoms with E-state index in [0.29, 0.717) is 26.1 Å². The average molecular weight is 455 g/mol. The van der Waals surface area contributed by atoms with Crippen LogP contribution in [0.5, 0.6) is 5.75 Å². The molecule has 11 heteroatoms. The number of hydrogen-bond acceptors (Lipinski definition) is 7. The Bertz CT molecular complexity index is 880. The van der Waals surface area contributed by atoms with Crippen LogP contribution in [0.1, 0.15) is 38.7 Å². The summed E-state index contributed by atoms with van der Waals surface area (Å²) in [6.45, 7) is 5.57. The molecule has 2 aliphatic heterocycles. The molecule has 0 saturated carbocycles. The van der Waals surface area contributed by atoms with Crippen molar-refractivity contribution in [3.05, 3.63) is 23.8 Å². The van der Waals surface area contributed by atoms with Gasteiger partial charge in [0.05, 0.1) is 19.0 Å². The van der Waals surface area contributed by atoms with Crippen LogP contribution >= 0.6 is 0 Å². The molecule has 1 aromatic carbocycles. The second-order valence-corrected chi connectivity index (χ2v) is 10.1. The minimum Gasteiger partial charge on any atom is -0.493 e. The van der Waals surface area contributed by atoms with Crippen molar-refractivity contribution in [2.45, 2.75) is 57.5 Å². The van der Waals surface area contributed by atoms with Gasteiger partial charge >= 0.3 is 6.03 Å². The summed E-state index contributed by atoms with van der Waals surface area (Å²) < 4.78 is 30.5. The van der Waals surface area contributed by atoms with Gasteiger partial charge < -0.3 is 20.7 Å². The fourth-order valence-corrected chi connectivity index (χ4v) is 4.60. The number of rotatable bonds is 9. The van der Waals surface area contributed by atoms with Crippen molar-refractivity contribution in [1.29, 1.82) is 0 Å². The van der Waals surface area contributed by atoms with Crippen LogP contribution in [-0.4, -0.2) is 58.4 Å². The van der Waals surface area contributed by atoms with Crippen LogP contribution < -0.4 is 36.0 Å². The molecule has 3 unspecified atom stereocenters. The number of nitrogens with one attached hydrogen (secondary N) is 6. The van der Waals surface area contributed by atoms with E-state index < -0.39 is 15.8 Å². The molecule has 2 amide bonds. The minimum absolute atomic E-state index is 0.0818. The number of anilines is 1. The van der Waals surface area contributed by atoms with Crippen LogP contribution in [0.25, 0.3) is 0 Å². The molecule has 174 valence electrons. The van der Waals surface area contributed by atoms with E-state index >= 15 is 0 Å². The summed E-state index contributed by atoms with van der Waals surface area (Å²) in [7, 11) is -3.21. The van der Waals surface area contributed by atoms with E-state index in [1.165, 1.54) is 0 Å². The Hall–Kier alpha value is -1.92. The largest absolute Gasteiger partial charge is 0.493 e. The van der Waals surface area contributed by atoms with E-state index in [1.807, 2.05) is 18.2 Å². The summed E-state index contributed by atoms with van der Waals surface area (Å²) in [6, 6.07) is 5.49. The first-order valence-corrected chi connectivity index (χ1v) is 12.7. The van der Waals surface area contributed by atoms with Crippen molar-refractivity contribution >= 4 is 21.7 Å². The van der Waals surface area contributed by atoms with Gasteiger partial charge in [0.2, 0.25) is 10.0 Å². The summed E-state index contributed by atoms with van der Waals surface area (Å²) in [5, 5.41) is 16.3. The van der Waals surface area contributed by atoms with Gasteiger partial charge in [-0.15, -0.1) is 0 Å². The first-order valence-electron chi connectivity index (χ1n) is 10.8. The molecule has 1 aromatic rings. The number of carbonyl (C=O) groups excluding carboxylic acids is 1. The highest BCUT2D eigenvalue weighted by atomic mass is 32.2. The van der Waals surface area contributed by atoms with Crippen molar-refractivity contribution in [2.24, 2.45) is 0 Å². The molecule has 0 radical (unpaired) electrons. The highest BCUT2D eigenvalue weighted by Crippen LogP contribution is 2.28. The number of urea groups is 1. The molecule has 0 aliphatic carbocycles. The zero-order valence-corrected chi connectivity index (χ0v) is 19.2. The molecule has 1 saturated heterocycles. The Labute approximate surface area is 184 Å². The smallest absolute Gasteiger partial charge is 0.321 e. The number of ether oxygens (including phenoxy) is 1. The number of benzene rings is 1. The van der Waals surface area contributed by atoms with Crippen molar-refractivity contribution in [1.82, 2.24) is 26.0 Å². The molecular formula is C20H34N6O4S. The summed E-state index contributed by atoms with van der Waals surface area (Å²) in [4.78, 5) is 12.8. The number of carbonyl (C=O) groups is 1. The molecule has 10 nitrogen and oxygen atoms in total. The molecule has 6 N–H and O–H groups in total. The Balaban J connectivity index is 1.60. The third-order valence-corrected chi connectivity index (χ3v) is 6.01. The summed E-state index contributed by atoms with van der Waals surface area (Å²) in [5.74, 6) is 0.0928. The fourth-order valence-electron chi connectivity index (χ4n) is 4.12. The summed E-state index contributed by atoms with van der Waals surface area (Å²) in [5.41, 5.74) is 1.81. The Kier molecular flexibility index (Phi) is 7.76. The molecule has 2 heterocycles. The molecule has 2 aliphatic rings. The molecule has 3 rings (SSSR count). The van der Waals surface area contributed by atoms with Gasteiger partial charge in [-0.25, -0.2) is 17.9 Å². The van der Waals surface area contributed by atoms with E-state index in [-0.39, 0.29) is 18.2 Å². The molecule has 0 bridgehead atoms. The molecule has 0 spiro atoms. The van der Waals surface area contributed by atoms with Crippen LogP contribution in [0.4, 0.5) is 10.5 Å². The Morgan fingerprint density at radius 1 is 1.29 bits per heavy atom. The normalized spacial score (nSPS) is 25.5. The van der Waals surface area contributed by atoms with Crippen molar-refractivity contribution in [2.75, 3.05) is 31.3 Å². The second kappa shape index (κ2) is 10.1. The lowest BCUT2D eigenvalue weighted by atomic mass is 10.0. The van der Waals surface area contributed by atoms with E-state index in [0.717, 1.165) is 42.5 Å². The molecule has 1 fully saturated rings. The van der Waals surface area contributed by atoms with Crippen molar-refractivity contribution in [3.63, 3.8) is 0 Å². The topological polar surface area (TPSA) is 133 Å². The zero-order valence-electron chi connectivity index (χ0n) is 18.4. The Morgan fingerprint density at radius 3 is 2.84 bits per heavy atom. The third-order valence-electron chi connectivity index (χ3n) is 5.28. The van der Waals surface area contributed by atoms with E-state index in [9.17, 15) is 13.2 Å². The standard InChI is InChI=1S/C20H34N6O4S/c1-4-8-20(24-14(2)12-18(25-20)21-9-10-22-31(3,28)29)26-19(27)23-16-5-6-17-15(13-16)7-11-30-17/h5-6,13-14,18,21-22,24-25H,4,7-12H2,1-3H3,(H2,23,26,27). The van der Waals surface area contributed by atoms with Gasteiger partial charge in [0.25, 0.3) is 0 Å². The van der Waals surface area contributed by atoms with Crippen molar-refractivity contribution < 1.29 is 17.9 Å². The van der Waals surface area contributed by atoms with E-state index in [4.69, 9.17) is 4.74 Å². The lowest BCUT2D eigenvalue weighted by Crippen LogP contribution is -2.77. The lowest BCUT2D eigenvalue weighted by Gasteiger charge is -2.46. The number of amides is 2. The molecular weight excluding hydrogens is 420 g/mol. The molecule has 3 atom stereocenters. The van der Waals surface area contributed by atoms with Crippen LogP contribution in [0.2, 0.25) is 0 Å². The van der Waals surface area contributed by atoms with Gasteiger partial charge in [0.1, 0.15) is 11.5 Å². The predicted molar refractivity (Wildman–Crippen MR) is 120 cm³/mol. The quantitative estimate of drug-likeness (QED) is 0.302. The second-order valence-electron chi connectivity index (χ2n) is 8.25. The highest BCUT2D eigenvalue weighted by molar-refractivity contribution is 7.88. The first-order chi connectivity index (χ1) is 14.7. The van der Waals surface area contributed by atoms with Crippen LogP contribution in [0, 0.1) is 0 Å². The van der Waals surface area contributed by atoms with Crippen LogP contribution in [0.15, 0.2) is 18.2 Å². The van der Waals surface area contributed by atoms with Crippen molar-refractivity contribution in [3.8, 4) is 5.75 Å². The van der Waals surface area contributed by atoms with E-state index in [2.05, 4.69) is 45.2 Å². The third kappa shape index (κ3) is 7.04. The van der Waals surface area contributed by atoms with Gasteiger partial charge in [0, 0.05) is 31.2 Å². The molecule has 31 heavy (non-hydrogen) atoms. The lowest BCUT2D eigenvalue weighted by molar-refractivity contribution is 0.0949. The maximum absolute atomic E-state index is 12.8. The number of hydrogen-bond donors (Lipinski definition) is 6. The molecule has 0 aromatic heterocycles. The van der Waals surface area contributed by atoms with Gasteiger partial charge in [-0.3, -0.25) is 10.6 Å². The number of sulfonamides is 1. The summed E-state index contributed by atoms with van der Waals surface area (Å²) in [6.07, 6.45) is 4.23. The van der Waals surface area contributed by atoms with Crippen LogP contribution in [0.3, 0.4) is 0 Å². The van der Waals surface area contributed by atoms with E-state index in [1.54, 1.807) is 0 Å².